The van der Waals surface area contributed by atoms with E-state index in [4.69, 9.17) is 5.84 Å². The predicted molar refractivity (Wildman–Crippen MR) is 43.0 cm³/mol. The van der Waals surface area contributed by atoms with Crippen molar-refractivity contribution in [2.45, 2.75) is 5.16 Å². The number of sulfone groups is 1. The van der Waals surface area contributed by atoms with Crippen molar-refractivity contribution in [2.75, 3.05) is 11.7 Å². The van der Waals surface area contributed by atoms with E-state index in [9.17, 15) is 8.42 Å². The van der Waals surface area contributed by atoms with Gasteiger partial charge in [-0.3, -0.25) is 0 Å². The van der Waals surface area contributed by atoms with Crippen LogP contribution in [-0.4, -0.2) is 24.6 Å². The van der Waals surface area contributed by atoms with Gasteiger partial charge in [0.05, 0.1) is 0 Å². The monoisotopic (exact) mass is 188 g/mol. The van der Waals surface area contributed by atoms with Crippen molar-refractivity contribution in [1.82, 2.24) is 9.97 Å². The Hall–Kier alpha value is -1.21. The molecule has 1 aromatic rings. The summed E-state index contributed by atoms with van der Waals surface area (Å²) in [6.45, 7) is 0. The van der Waals surface area contributed by atoms with Crippen molar-refractivity contribution >= 4 is 15.7 Å². The summed E-state index contributed by atoms with van der Waals surface area (Å²) in [7, 11) is -3.35. The van der Waals surface area contributed by atoms with Crippen LogP contribution in [0.5, 0.6) is 0 Å². The number of hydrazine groups is 1. The second-order valence-electron chi connectivity index (χ2n) is 2.14. The van der Waals surface area contributed by atoms with Crippen molar-refractivity contribution in [1.29, 1.82) is 0 Å². The van der Waals surface area contributed by atoms with Crippen molar-refractivity contribution in [3.05, 3.63) is 12.3 Å². The fourth-order valence-electron chi connectivity index (χ4n) is 0.600. The van der Waals surface area contributed by atoms with Gasteiger partial charge in [0, 0.05) is 18.5 Å². The van der Waals surface area contributed by atoms with Gasteiger partial charge in [-0.05, 0) is 0 Å². The Bertz CT molecular complexity index is 375. The number of nitrogens with two attached hydrogens (primary N) is 1. The Balaban J connectivity index is 3.20. The van der Waals surface area contributed by atoms with Gasteiger partial charge in [-0.2, -0.15) is 4.98 Å². The van der Waals surface area contributed by atoms with Crippen LogP contribution in [0.4, 0.5) is 5.82 Å². The van der Waals surface area contributed by atoms with E-state index in [1.807, 2.05) is 0 Å². The lowest BCUT2D eigenvalue weighted by molar-refractivity contribution is 0.593. The Labute approximate surface area is 69.7 Å². The molecule has 0 saturated heterocycles. The summed E-state index contributed by atoms with van der Waals surface area (Å²) >= 11 is 0. The summed E-state index contributed by atoms with van der Waals surface area (Å²) in [5.41, 5.74) is 2.22. The van der Waals surface area contributed by atoms with E-state index in [2.05, 4.69) is 15.4 Å². The molecule has 1 rings (SSSR count). The topological polar surface area (TPSA) is 98.0 Å². The number of nitrogen functional groups attached to an aromatic ring is 1. The maximum atomic E-state index is 10.9. The van der Waals surface area contributed by atoms with Crippen molar-refractivity contribution < 1.29 is 8.42 Å². The molecule has 1 aromatic heterocycles. The van der Waals surface area contributed by atoms with E-state index in [0.29, 0.717) is 0 Å². The summed E-state index contributed by atoms with van der Waals surface area (Å²) in [6, 6.07) is 1.47. The highest BCUT2D eigenvalue weighted by Crippen LogP contribution is 2.04. The summed E-state index contributed by atoms with van der Waals surface area (Å²) in [6.07, 6.45) is 2.35. The van der Waals surface area contributed by atoms with Gasteiger partial charge < -0.3 is 5.43 Å². The second-order valence-corrected chi connectivity index (χ2v) is 4.05. The zero-order valence-corrected chi connectivity index (χ0v) is 7.17. The van der Waals surface area contributed by atoms with Gasteiger partial charge in [-0.1, -0.05) is 0 Å². The fraction of sp³-hybridized carbons (Fsp3) is 0.200. The highest BCUT2D eigenvalue weighted by atomic mass is 32.2. The number of aromatic nitrogens is 2. The normalized spacial score (nSPS) is 11.2. The fourth-order valence-corrected chi connectivity index (χ4v) is 1.12. The maximum Gasteiger partial charge on any atom is 0.248 e. The molecule has 0 aliphatic rings. The first-order valence-electron chi connectivity index (χ1n) is 3.04. The first kappa shape index (κ1) is 8.88. The van der Waals surface area contributed by atoms with Crippen LogP contribution < -0.4 is 11.3 Å². The van der Waals surface area contributed by atoms with Crippen LogP contribution in [-0.2, 0) is 9.84 Å². The molecule has 0 unspecified atom stereocenters. The minimum absolute atomic E-state index is 0.238. The molecule has 0 fully saturated rings. The van der Waals surface area contributed by atoms with E-state index < -0.39 is 9.84 Å². The van der Waals surface area contributed by atoms with Gasteiger partial charge >= 0.3 is 0 Å². The molecule has 1 heterocycles. The number of nitrogens with zero attached hydrogens (tertiary/aromatic N) is 2. The maximum absolute atomic E-state index is 10.9. The van der Waals surface area contributed by atoms with E-state index in [0.717, 1.165) is 6.26 Å². The zero-order valence-electron chi connectivity index (χ0n) is 6.35. The van der Waals surface area contributed by atoms with Crippen LogP contribution in [0.15, 0.2) is 17.4 Å². The largest absolute Gasteiger partial charge is 0.308 e. The summed E-state index contributed by atoms with van der Waals surface area (Å²) in [5.74, 6) is 5.30. The average molecular weight is 188 g/mol. The van der Waals surface area contributed by atoms with Crippen LogP contribution in [0.25, 0.3) is 0 Å². The van der Waals surface area contributed by atoms with E-state index >= 15 is 0 Å². The molecule has 0 amide bonds. The highest BCUT2D eigenvalue weighted by Gasteiger charge is 2.10. The molecule has 0 aliphatic heterocycles. The molecule has 0 aromatic carbocycles. The van der Waals surface area contributed by atoms with E-state index in [-0.39, 0.29) is 11.0 Å². The molecule has 3 N–H and O–H groups in total. The SMILES string of the molecule is CS(=O)(=O)c1nccc(NN)n1. The number of hydrogen-bond donors (Lipinski definition) is 2. The summed E-state index contributed by atoms with van der Waals surface area (Å²) in [5, 5.41) is -0.238. The molecule has 12 heavy (non-hydrogen) atoms. The standard InChI is InChI=1S/C5H8N4O2S/c1-12(10,11)5-7-3-2-4(8-5)9-6/h2-3H,6H2,1H3,(H,7,8,9). The first-order chi connectivity index (χ1) is 5.54. The third-order valence-corrected chi connectivity index (χ3v) is 1.97. The highest BCUT2D eigenvalue weighted by molar-refractivity contribution is 7.90. The Morgan fingerprint density at radius 2 is 2.25 bits per heavy atom. The average Bonchev–Trinajstić information content (AvgIpc) is 2.03. The number of nitrogens with one attached hydrogen (secondary N) is 1. The van der Waals surface area contributed by atoms with Crippen LogP contribution >= 0.6 is 0 Å². The molecule has 0 radical (unpaired) electrons. The van der Waals surface area contributed by atoms with Gasteiger partial charge in [0.15, 0.2) is 0 Å². The molecule has 6 nitrogen and oxygen atoms in total. The lowest BCUT2D eigenvalue weighted by Gasteiger charge is -1.99. The molecule has 0 bridgehead atoms. The number of anilines is 1. The lowest BCUT2D eigenvalue weighted by Crippen LogP contribution is -2.11. The summed E-state index contributed by atoms with van der Waals surface area (Å²) < 4.78 is 21.8. The summed E-state index contributed by atoms with van der Waals surface area (Å²) in [4.78, 5) is 7.19. The Morgan fingerprint density at radius 1 is 1.58 bits per heavy atom. The molecule has 0 saturated carbocycles. The molecule has 0 aliphatic carbocycles. The van der Waals surface area contributed by atoms with Gasteiger partial charge in [-0.25, -0.2) is 19.2 Å². The van der Waals surface area contributed by atoms with E-state index in [1.54, 1.807) is 0 Å². The smallest absolute Gasteiger partial charge is 0.248 e. The predicted octanol–water partition coefficient (Wildman–Crippen LogP) is -0.834. The number of rotatable bonds is 2. The van der Waals surface area contributed by atoms with Crippen LogP contribution in [0.2, 0.25) is 0 Å². The van der Waals surface area contributed by atoms with Crippen LogP contribution in [0, 0.1) is 0 Å². The second kappa shape index (κ2) is 3.03. The quantitative estimate of drug-likeness (QED) is 0.357. The molecular weight excluding hydrogens is 180 g/mol. The third-order valence-electron chi connectivity index (χ3n) is 1.11. The molecule has 7 heteroatoms. The first-order valence-corrected chi connectivity index (χ1v) is 4.93. The molecule has 0 atom stereocenters. The number of hydrogen-bond acceptors (Lipinski definition) is 6. The molecular formula is C5H8N4O2S. The van der Waals surface area contributed by atoms with Gasteiger partial charge in [0.2, 0.25) is 15.0 Å². The van der Waals surface area contributed by atoms with Crippen LogP contribution in [0.3, 0.4) is 0 Å². The van der Waals surface area contributed by atoms with Crippen molar-refractivity contribution in [3.8, 4) is 0 Å². The van der Waals surface area contributed by atoms with Gasteiger partial charge in [0.25, 0.3) is 0 Å². The Morgan fingerprint density at radius 3 is 2.75 bits per heavy atom. The van der Waals surface area contributed by atoms with Gasteiger partial charge in [-0.15, -0.1) is 0 Å². The van der Waals surface area contributed by atoms with E-state index in [1.165, 1.54) is 12.3 Å². The molecule has 0 spiro atoms. The molecule has 66 valence electrons. The third kappa shape index (κ3) is 1.89. The Kier molecular flexibility index (Phi) is 2.25. The lowest BCUT2D eigenvalue weighted by atomic mass is 10.6. The van der Waals surface area contributed by atoms with Crippen molar-refractivity contribution in [3.63, 3.8) is 0 Å². The van der Waals surface area contributed by atoms with Gasteiger partial charge in [0.1, 0.15) is 5.82 Å². The zero-order chi connectivity index (χ0) is 9.19. The minimum Gasteiger partial charge on any atom is -0.308 e. The minimum atomic E-state index is -3.35. The van der Waals surface area contributed by atoms with Crippen molar-refractivity contribution in [2.24, 2.45) is 5.84 Å². The van der Waals surface area contributed by atoms with Crippen LogP contribution in [0.1, 0.15) is 0 Å².